The van der Waals surface area contributed by atoms with Gasteiger partial charge in [-0.1, -0.05) is 6.92 Å². The summed E-state index contributed by atoms with van der Waals surface area (Å²) >= 11 is 1.74. The summed E-state index contributed by atoms with van der Waals surface area (Å²) in [7, 11) is 2.12. The number of nitrogens with zero attached hydrogens (tertiary/aromatic N) is 2. The third-order valence-corrected chi connectivity index (χ3v) is 3.24. The normalized spacial score (nSPS) is 12.4. The minimum Gasteiger partial charge on any atom is -0.306 e. The van der Waals surface area contributed by atoms with Gasteiger partial charge >= 0.3 is 0 Å². The molecule has 0 aliphatic carbocycles. The maximum atomic E-state index is 4.62. The molecule has 1 rings (SSSR count). The smallest absolute Gasteiger partial charge is 0.107 e. The summed E-state index contributed by atoms with van der Waals surface area (Å²) in [4.78, 5) is 6.88. The van der Waals surface area contributed by atoms with Gasteiger partial charge in [-0.15, -0.1) is 11.3 Å². The minimum absolute atomic E-state index is 0.159. The van der Waals surface area contributed by atoms with Crippen LogP contribution in [0.3, 0.4) is 0 Å². The zero-order chi connectivity index (χ0) is 12.2. The van der Waals surface area contributed by atoms with Crippen molar-refractivity contribution in [2.24, 2.45) is 0 Å². The van der Waals surface area contributed by atoms with Crippen LogP contribution in [-0.2, 0) is 13.1 Å². The van der Waals surface area contributed by atoms with E-state index < -0.39 is 0 Å². The zero-order valence-electron chi connectivity index (χ0n) is 11.0. The van der Waals surface area contributed by atoms with E-state index in [0.717, 1.165) is 19.6 Å². The van der Waals surface area contributed by atoms with Crippen LogP contribution in [0, 0.1) is 0 Å². The Kier molecular flexibility index (Phi) is 4.89. The molecule has 0 aliphatic rings. The molecular weight excluding hydrogens is 218 g/mol. The van der Waals surface area contributed by atoms with Crippen LogP contribution >= 0.6 is 11.3 Å². The Morgan fingerprint density at radius 3 is 2.69 bits per heavy atom. The van der Waals surface area contributed by atoms with Crippen LogP contribution in [0.4, 0.5) is 0 Å². The van der Waals surface area contributed by atoms with Crippen molar-refractivity contribution in [2.45, 2.75) is 46.3 Å². The molecule has 0 bridgehead atoms. The quantitative estimate of drug-likeness (QED) is 0.858. The largest absolute Gasteiger partial charge is 0.306 e. The molecule has 0 fully saturated rings. The Labute approximate surface area is 103 Å². The zero-order valence-corrected chi connectivity index (χ0v) is 11.8. The average Bonchev–Trinajstić information content (AvgIpc) is 2.61. The Bertz CT molecular complexity index is 314. The molecule has 3 nitrogen and oxygen atoms in total. The number of rotatable bonds is 5. The molecule has 92 valence electrons. The highest BCUT2D eigenvalue weighted by molar-refractivity contribution is 7.09. The van der Waals surface area contributed by atoms with Crippen molar-refractivity contribution < 1.29 is 0 Å². The molecule has 0 saturated heterocycles. The van der Waals surface area contributed by atoms with E-state index in [1.165, 1.54) is 10.7 Å². The van der Waals surface area contributed by atoms with E-state index >= 15 is 0 Å². The molecule has 4 heteroatoms. The maximum absolute atomic E-state index is 4.62. The van der Waals surface area contributed by atoms with Crippen LogP contribution < -0.4 is 5.32 Å². The fourth-order valence-electron chi connectivity index (χ4n) is 1.23. The molecule has 0 radical (unpaired) electrons. The first-order valence-corrected chi connectivity index (χ1v) is 6.65. The van der Waals surface area contributed by atoms with Crippen LogP contribution in [0.25, 0.3) is 0 Å². The van der Waals surface area contributed by atoms with E-state index in [-0.39, 0.29) is 5.54 Å². The number of thiazole rings is 1. The summed E-state index contributed by atoms with van der Waals surface area (Å²) in [5.41, 5.74) is 1.34. The molecule has 0 atom stereocenters. The predicted molar refractivity (Wildman–Crippen MR) is 70.7 cm³/mol. The topological polar surface area (TPSA) is 28.2 Å². The van der Waals surface area contributed by atoms with E-state index in [1.807, 2.05) is 0 Å². The van der Waals surface area contributed by atoms with Gasteiger partial charge in [0.2, 0.25) is 0 Å². The molecule has 0 saturated carbocycles. The number of aromatic nitrogens is 1. The molecule has 0 aromatic carbocycles. The van der Waals surface area contributed by atoms with Crippen molar-refractivity contribution in [2.75, 3.05) is 13.6 Å². The first-order chi connectivity index (χ1) is 7.40. The number of hydrogen-bond donors (Lipinski definition) is 1. The van der Waals surface area contributed by atoms with Gasteiger partial charge in [-0.3, -0.25) is 0 Å². The second-order valence-corrected chi connectivity index (χ2v) is 6.11. The van der Waals surface area contributed by atoms with Crippen molar-refractivity contribution in [3.8, 4) is 0 Å². The second-order valence-electron chi connectivity index (χ2n) is 5.17. The summed E-state index contributed by atoms with van der Waals surface area (Å²) in [6.45, 7) is 11.6. The minimum atomic E-state index is 0.159. The molecule has 0 amide bonds. The van der Waals surface area contributed by atoms with Crippen LogP contribution in [0.5, 0.6) is 0 Å². The summed E-state index contributed by atoms with van der Waals surface area (Å²) in [5.74, 6) is 0. The lowest BCUT2D eigenvalue weighted by Gasteiger charge is -2.19. The fourth-order valence-corrected chi connectivity index (χ4v) is 1.96. The molecule has 1 N–H and O–H groups in total. The first kappa shape index (κ1) is 13.6. The highest BCUT2D eigenvalue weighted by Crippen LogP contribution is 2.12. The first-order valence-electron chi connectivity index (χ1n) is 5.77. The molecule has 0 aliphatic heterocycles. The highest BCUT2D eigenvalue weighted by Gasteiger charge is 2.10. The van der Waals surface area contributed by atoms with Gasteiger partial charge in [-0.2, -0.15) is 0 Å². The molecule has 1 heterocycles. The van der Waals surface area contributed by atoms with Crippen molar-refractivity contribution in [1.29, 1.82) is 0 Å². The molecule has 16 heavy (non-hydrogen) atoms. The summed E-state index contributed by atoms with van der Waals surface area (Å²) < 4.78 is 0. The van der Waals surface area contributed by atoms with Gasteiger partial charge < -0.3 is 10.2 Å². The molecule has 1 aromatic rings. The molecular formula is C12H23N3S. The third kappa shape index (κ3) is 5.05. The summed E-state index contributed by atoms with van der Waals surface area (Å²) in [5, 5.41) is 6.79. The van der Waals surface area contributed by atoms with E-state index in [2.05, 4.69) is 55.3 Å². The van der Waals surface area contributed by atoms with Crippen molar-refractivity contribution >= 4 is 11.3 Å². The van der Waals surface area contributed by atoms with E-state index in [1.54, 1.807) is 11.3 Å². The van der Waals surface area contributed by atoms with E-state index in [4.69, 9.17) is 0 Å². The second kappa shape index (κ2) is 5.75. The van der Waals surface area contributed by atoms with Gasteiger partial charge in [-0.25, -0.2) is 4.98 Å². The van der Waals surface area contributed by atoms with Gasteiger partial charge in [0.1, 0.15) is 5.01 Å². The van der Waals surface area contributed by atoms with Gasteiger partial charge in [0, 0.05) is 24.0 Å². The summed E-state index contributed by atoms with van der Waals surface area (Å²) in [6.07, 6.45) is 0. The number of hydrogen-bond acceptors (Lipinski definition) is 4. The lowest BCUT2D eigenvalue weighted by Crippen LogP contribution is -2.35. The van der Waals surface area contributed by atoms with Gasteiger partial charge in [0.15, 0.2) is 0 Å². The molecule has 0 unspecified atom stereocenters. The monoisotopic (exact) mass is 241 g/mol. The lowest BCUT2D eigenvalue weighted by molar-refractivity contribution is 0.341. The van der Waals surface area contributed by atoms with Crippen molar-refractivity contribution in [3.05, 3.63) is 16.1 Å². The predicted octanol–water partition coefficient (Wildman–Crippen LogP) is 2.48. The van der Waals surface area contributed by atoms with E-state index in [9.17, 15) is 0 Å². The Morgan fingerprint density at radius 2 is 2.12 bits per heavy atom. The van der Waals surface area contributed by atoms with Gasteiger partial charge in [0.05, 0.1) is 5.69 Å². The maximum Gasteiger partial charge on any atom is 0.107 e. The molecule has 1 aromatic heterocycles. The SMILES string of the molecule is CCN(C)Cc1csc(CNC(C)(C)C)n1. The third-order valence-electron chi connectivity index (χ3n) is 2.34. The number of nitrogens with one attached hydrogen (secondary N) is 1. The van der Waals surface area contributed by atoms with E-state index in [0.29, 0.717) is 0 Å². The average molecular weight is 241 g/mol. The molecule has 0 spiro atoms. The Balaban J connectivity index is 2.45. The van der Waals surface area contributed by atoms with Crippen LogP contribution in [0.1, 0.15) is 38.4 Å². The van der Waals surface area contributed by atoms with Gasteiger partial charge in [-0.05, 0) is 34.4 Å². The highest BCUT2D eigenvalue weighted by atomic mass is 32.1. The summed E-state index contributed by atoms with van der Waals surface area (Å²) in [6, 6.07) is 0. The van der Waals surface area contributed by atoms with Crippen molar-refractivity contribution in [1.82, 2.24) is 15.2 Å². The van der Waals surface area contributed by atoms with Crippen LogP contribution in [0.2, 0.25) is 0 Å². The van der Waals surface area contributed by atoms with Crippen LogP contribution in [0.15, 0.2) is 5.38 Å². The van der Waals surface area contributed by atoms with Gasteiger partial charge in [0.25, 0.3) is 0 Å². The standard InChI is InChI=1S/C12H23N3S/c1-6-15(5)8-10-9-16-11(14-10)7-13-12(2,3)4/h9,13H,6-8H2,1-5H3. The Morgan fingerprint density at radius 1 is 1.44 bits per heavy atom. The van der Waals surface area contributed by atoms with Crippen molar-refractivity contribution in [3.63, 3.8) is 0 Å². The fraction of sp³-hybridized carbons (Fsp3) is 0.750. The lowest BCUT2D eigenvalue weighted by atomic mass is 10.1. The Hall–Kier alpha value is -0.450. The van der Waals surface area contributed by atoms with Crippen LogP contribution in [-0.4, -0.2) is 29.0 Å².